The second-order valence-electron chi connectivity index (χ2n) is 6.26. The van der Waals surface area contributed by atoms with Crippen molar-refractivity contribution in [2.45, 2.75) is 13.0 Å². The van der Waals surface area contributed by atoms with Crippen LogP contribution in [-0.2, 0) is 0 Å². The van der Waals surface area contributed by atoms with Crippen LogP contribution in [0.4, 0.5) is 5.69 Å². The maximum atomic E-state index is 11.8. The number of para-hydroxylation sites is 1. The number of hydrogen-bond donors (Lipinski definition) is 1. The first-order valence-electron chi connectivity index (χ1n) is 8.65. The molecule has 0 fully saturated rings. The number of hydrogen-bond acceptors (Lipinski definition) is 6. The summed E-state index contributed by atoms with van der Waals surface area (Å²) in [4.78, 5) is 27.6. The van der Waals surface area contributed by atoms with E-state index < -0.39 is 17.0 Å². The summed E-state index contributed by atoms with van der Waals surface area (Å²) in [7, 11) is 0. The van der Waals surface area contributed by atoms with Crippen molar-refractivity contribution in [2.24, 2.45) is 0 Å². The number of nitro groups is 1. The van der Waals surface area contributed by atoms with Crippen molar-refractivity contribution in [3.05, 3.63) is 81.5 Å². The zero-order chi connectivity index (χ0) is 20.5. The molecule has 1 unspecified atom stereocenters. The number of carboxylic acids is 1. The molecule has 146 valence electrons. The van der Waals surface area contributed by atoms with Gasteiger partial charge >= 0.3 is 5.97 Å². The Morgan fingerprint density at radius 2 is 2.03 bits per heavy atom. The number of carbonyl (C=O) groups is 1. The quantitative estimate of drug-likeness (QED) is 0.362. The molecule has 1 N–H and O–H groups in total. The Hall–Kier alpha value is -3.72. The Balaban J connectivity index is 1.73. The van der Waals surface area contributed by atoms with Gasteiger partial charge in [-0.15, -0.1) is 11.3 Å². The van der Waals surface area contributed by atoms with Crippen LogP contribution >= 0.6 is 11.3 Å². The monoisotopic (exact) mass is 409 g/mol. The number of rotatable bonds is 6. The summed E-state index contributed by atoms with van der Waals surface area (Å²) in [5.74, 6) is -0.964. The lowest BCUT2D eigenvalue weighted by Crippen LogP contribution is -2.07. The van der Waals surface area contributed by atoms with Gasteiger partial charge in [-0.1, -0.05) is 18.2 Å². The highest BCUT2D eigenvalue weighted by atomic mass is 32.1. The van der Waals surface area contributed by atoms with Crippen molar-refractivity contribution in [1.29, 1.82) is 0 Å². The van der Waals surface area contributed by atoms with Gasteiger partial charge in [-0.2, -0.15) is 0 Å². The Kier molecular flexibility index (Phi) is 4.73. The van der Waals surface area contributed by atoms with Crippen LogP contribution in [0.1, 0.15) is 28.3 Å². The molecule has 0 bridgehead atoms. The SMILES string of the molecule is CC(Oc1cc(-c2cnc3ccccn23)sc1C(=O)O)c1ccccc1[N+](=O)[O-]. The molecule has 1 atom stereocenters. The summed E-state index contributed by atoms with van der Waals surface area (Å²) in [5, 5.41) is 20.9. The maximum absolute atomic E-state index is 11.8. The molecule has 0 amide bonds. The number of thiophene rings is 1. The van der Waals surface area contributed by atoms with E-state index in [1.54, 1.807) is 37.4 Å². The van der Waals surface area contributed by atoms with E-state index in [2.05, 4.69) is 4.98 Å². The van der Waals surface area contributed by atoms with E-state index in [-0.39, 0.29) is 16.3 Å². The number of aromatic nitrogens is 2. The zero-order valence-corrected chi connectivity index (χ0v) is 16.0. The Labute approximate surface area is 168 Å². The van der Waals surface area contributed by atoms with Crippen molar-refractivity contribution in [1.82, 2.24) is 9.38 Å². The van der Waals surface area contributed by atoms with Crippen LogP contribution in [0.25, 0.3) is 16.2 Å². The van der Waals surface area contributed by atoms with Crippen LogP contribution in [0.15, 0.2) is 60.9 Å². The molecular formula is C20H15N3O5S. The minimum absolute atomic E-state index is 0.0244. The molecule has 0 aliphatic rings. The number of fused-ring (bicyclic) bond motifs is 1. The van der Waals surface area contributed by atoms with Gasteiger partial charge in [0.1, 0.15) is 17.5 Å². The standard InChI is InChI=1S/C20H15N3O5S/c1-12(13-6-2-3-7-14(13)23(26)27)28-16-10-17(29-19(16)20(24)25)15-11-21-18-8-4-5-9-22(15)18/h2-12H,1H3,(H,24,25). The lowest BCUT2D eigenvalue weighted by atomic mass is 10.1. The van der Waals surface area contributed by atoms with Gasteiger partial charge < -0.3 is 9.84 Å². The fraction of sp³-hybridized carbons (Fsp3) is 0.100. The third kappa shape index (κ3) is 3.43. The highest BCUT2D eigenvalue weighted by Crippen LogP contribution is 2.39. The molecule has 8 nitrogen and oxygen atoms in total. The molecule has 1 aromatic carbocycles. The number of nitro benzene ring substituents is 1. The number of benzene rings is 1. The van der Waals surface area contributed by atoms with Crippen molar-refractivity contribution in [3.8, 4) is 16.3 Å². The number of imidazole rings is 1. The molecule has 0 saturated carbocycles. The maximum Gasteiger partial charge on any atom is 0.349 e. The van der Waals surface area contributed by atoms with E-state index in [0.717, 1.165) is 22.7 Å². The van der Waals surface area contributed by atoms with E-state index >= 15 is 0 Å². The average molecular weight is 409 g/mol. The minimum atomic E-state index is -1.13. The van der Waals surface area contributed by atoms with Gasteiger partial charge in [-0.25, -0.2) is 9.78 Å². The molecule has 0 aliphatic carbocycles. The van der Waals surface area contributed by atoms with Gasteiger partial charge in [0.2, 0.25) is 0 Å². The highest BCUT2D eigenvalue weighted by Gasteiger charge is 2.24. The van der Waals surface area contributed by atoms with Gasteiger partial charge in [0.15, 0.2) is 4.88 Å². The normalized spacial score (nSPS) is 12.0. The lowest BCUT2D eigenvalue weighted by Gasteiger charge is -2.14. The first-order chi connectivity index (χ1) is 14.0. The number of carboxylic acid groups (broad SMARTS) is 1. The van der Waals surface area contributed by atoms with Crippen LogP contribution in [0.5, 0.6) is 5.75 Å². The summed E-state index contributed by atoms with van der Waals surface area (Å²) < 4.78 is 7.72. The molecule has 0 radical (unpaired) electrons. The topological polar surface area (TPSA) is 107 Å². The predicted octanol–water partition coefficient (Wildman–Crippen LogP) is 4.81. The highest BCUT2D eigenvalue weighted by molar-refractivity contribution is 7.17. The van der Waals surface area contributed by atoms with E-state index in [9.17, 15) is 20.0 Å². The summed E-state index contributed by atoms with van der Waals surface area (Å²) >= 11 is 1.07. The van der Waals surface area contributed by atoms with Crippen molar-refractivity contribution >= 4 is 28.6 Å². The molecule has 4 aromatic rings. The smallest absolute Gasteiger partial charge is 0.349 e. The minimum Gasteiger partial charge on any atom is -0.484 e. The number of aromatic carboxylic acids is 1. The summed E-state index contributed by atoms with van der Waals surface area (Å²) in [6, 6.07) is 13.5. The fourth-order valence-corrected chi connectivity index (χ4v) is 4.04. The number of nitrogens with zero attached hydrogens (tertiary/aromatic N) is 3. The van der Waals surface area contributed by atoms with Crippen LogP contribution in [-0.4, -0.2) is 25.4 Å². The molecule has 3 aromatic heterocycles. The third-order valence-corrected chi connectivity index (χ3v) is 5.56. The predicted molar refractivity (Wildman–Crippen MR) is 108 cm³/mol. The fourth-order valence-electron chi connectivity index (χ4n) is 3.10. The summed E-state index contributed by atoms with van der Waals surface area (Å²) in [5.41, 5.74) is 1.77. The van der Waals surface area contributed by atoms with Crippen molar-refractivity contribution in [3.63, 3.8) is 0 Å². The van der Waals surface area contributed by atoms with Gasteiger partial charge in [0.05, 0.1) is 27.3 Å². The first-order valence-corrected chi connectivity index (χ1v) is 9.47. The second kappa shape index (κ2) is 7.36. The first kappa shape index (κ1) is 18.6. The van der Waals surface area contributed by atoms with Gasteiger partial charge in [-0.05, 0) is 25.1 Å². The van der Waals surface area contributed by atoms with E-state index in [0.29, 0.717) is 10.4 Å². The van der Waals surface area contributed by atoms with Crippen LogP contribution in [0.2, 0.25) is 0 Å². The Morgan fingerprint density at radius 3 is 2.79 bits per heavy atom. The summed E-state index contributed by atoms with van der Waals surface area (Å²) in [6.45, 7) is 1.65. The Morgan fingerprint density at radius 1 is 1.28 bits per heavy atom. The molecule has 3 heterocycles. The van der Waals surface area contributed by atoms with Gasteiger partial charge in [0, 0.05) is 18.3 Å². The van der Waals surface area contributed by atoms with Crippen molar-refractivity contribution in [2.75, 3.05) is 0 Å². The zero-order valence-electron chi connectivity index (χ0n) is 15.2. The molecular weight excluding hydrogens is 394 g/mol. The van der Waals surface area contributed by atoms with Gasteiger partial charge in [-0.3, -0.25) is 14.5 Å². The Bertz CT molecular complexity index is 1230. The molecule has 0 saturated heterocycles. The lowest BCUT2D eigenvalue weighted by molar-refractivity contribution is -0.386. The van der Waals surface area contributed by atoms with Crippen molar-refractivity contribution < 1.29 is 19.6 Å². The summed E-state index contributed by atoms with van der Waals surface area (Å²) in [6.07, 6.45) is 2.80. The largest absolute Gasteiger partial charge is 0.484 e. The number of pyridine rings is 1. The van der Waals surface area contributed by atoms with Crippen LogP contribution in [0, 0.1) is 10.1 Å². The number of ether oxygens (including phenoxy) is 1. The molecule has 4 rings (SSSR count). The molecule has 9 heteroatoms. The van der Waals surface area contributed by atoms with Crippen LogP contribution < -0.4 is 4.74 Å². The van der Waals surface area contributed by atoms with E-state index in [1.807, 2.05) is 28.8 Å². The van der Waals surface area contributed by atoms with Gasteiger partial charge in [0.25, 0.3) is 5.69 Å². The van der Waals surface area contributed by atoms with Crippen LogP contribution in [0.3, 0.4) is 0 Å². The molecule has 29 heavy (non-hydrogen) atoms. The second-order valence-corrected chi connectivity index (χ2v) is 7.31. The average Bonchev–Trinajstić information content (AvgIpc) is 3.32. The molecule has 0 spiro atoms. The van der Waals surface area contributed by atoms with E-state index in [4.69, 9.17) is 4.74 Å². The van der Waals surface area contributed by atoms with E-state index in [1.165, 1.54) is 6.07 Å². The molecule has 0 aliphatic heterocycles. The third-order valence-electron chi connectivity index (χ3n) is 4.44.